The number of rotatable bonds is 64. The molecule has 0 heterocycles. The molecule has 0 saturated heterocycles. The van der Waals surface area contributed by atoms with E-state index in [0.29, 0.717) is 17.4 Å². The van der Waals surface area contributed by atoms with Crippen molar-refractivity contribution in [2.75, 3.05) is 40.9 Å². The Hall–Kier alpha value is -2.81. The molecule has 9 nitrogen and oxygen atoms in total. The highest BCUT2D eigenvalue weighted by atomic mass is 31.2. The number of phosphoric acid groups is 1. The summed E-state index contributed by atoms with van der Waals surface area (Å²) in [6.45, 7) is 6.92. The summed E-state index contributed by atoms with van der Waals surface area (Å²) >= 11 is 0. The van der Waals surface area contributed by atoms with Crippen molar-refractivity contribution in [3.8, 4) is 0 Å². The zero-order valence-electron chi connectivity index (χ0n) is 55.9. The molecule has 2 N–H and O–H groups in total. The van der Waals surface area contributed by atoms with E-state index < -0.39 is 20.0 Å². The Morgan fingerprint density at radius 2 is 0.762 bits per heavy atom. The fourth-order valence-electron chi connectivity index (χ4n) is 10.1. The predicted molar refractivity (Wildman–Crippen MR) is 364 cm³/mol. The van der Waals surface area contributed by atoms with E-state index in [0.717, 1.165) is 103 Å². The van der Waals surface area contributed by atoms with E-state index in [4.69, 9.17) is 13.8 Å². The quantitative estimate of drug-likeness (QED) is 0.0205. The molecule has 0 aromatic rings. The number of nitrogens with zero attached hydrogens (tertiary/aromatic N) is 1. The number of phosphoric ester groups is 1. The molecule has 0 bridgehead atoms. The Kier molecular flexibility index (Phi) is 61.1. The minimum Gasteiger partial charge on any atom is -0.456 e. The maximum Gasteiger partial charge on any atom is 0.472 e. The van der Waals surface area contributed by atoms with E-state index in [1.165, 1.54) is 186 Å². The Balaban J connectivity index is 5.10. The number of likely N-dealkylation sites (N-methyl/N-ethyl adjacent to an activating group) is 1. The largest absolute Gasteiger partial charge is 0.472 e. The molecule has 0 saturated carbocycles. The second-order valence-electron chi connectivity index (χ2n) is 25.0. The van der Waals surface area contributed by atoms with Crippen LogP contribution in [0.1, 0.15) is 323 Å². The zero-order chi connectivity index (χ0) is 61.4. The molecule has 488 valence electrons. The second-order valence-corrected chi connectivity index (χ2v) is 26.5. The first-order valence-corrected chi connectivity index (χ1v) is 36.9. The van der Waals surface area contributed by atoms with Crippen molar-refractivity contribution in [1.82, 2.24) is 5.32 Å². The van der Waals surface area contributed by atoms with Gasteiger partial charge in [0.15, 0.2) is 0 Å². The molecule has 0 aliphatic heterocycles. The van der Waals surface area contributed by atoms with E-state index in [1.54, 1.807) is 0 Å². The number of quaternary nitrogens is 1. The van der Waals surface area contributed by atoms with Crippen molar-refractivity contribution in [2.45, 2.75) is 335 Å². The molecule has 0 aromatic carbocycles. The average Bonchev–Trinajstić information content (AvgIpc) is 3.65. The van der Waals surface area contributed by atoms with Crippen LogP contribution in [0.3, 0.4) is 0 Å². The molecule has 1 amide bonds. The van der Waals surface area contributed by atoms with Crippen LogP contribution in [0.4, 0.5) is 0 Å². The van der Waals surface area contributed by atoms with Crippen LogP contribution in [0.2, 0.25) is 0 Å². The van der Waals surface area contributed by atoms with E-state index in [1.807, 2.05) is 33.3 Å². The van der Waals surface area contributed by atoms with Gasteiger partial charge in [-0.1, -0.05) is 292 Å². The molecule has 0 aliphatic rings. The highest BCUT2D eigenvalue weighted by Crippen LogP contribution is 2.43. The average molecular weight is 1200 g/mol. The van der Waals surface area contributed by atoms with Crippen molar-refractivity contribution >= 4 is 19.7 Å². The third-order valence-corrected chi connectivity index (χ3v) is 16.6. The van der Waals surface area contributed by atoms with Crippen LogP contribution in [0.15, 0.2) is 85.1 Å². The molecule has 84 heavy (non-hydrogen) atoms. The lowest BCUT2D eigenvalue weighted by Crippen LogP contribution is -2.47. The predicted octanol–water partition coefficient (Wildman–Crippen LogP) is 22.5. The van der Waals surface area contributed by atoms with Crippen molar-refractivity contribution in [3.63, 3.8) is 0 Å². The van der Waals surface area contributed by atoms with Gasteiger partial charge in [0.25, 0.3) is 0 Å². The summed E-state index contributed by atoms with van der Waals surface area (Å²) in [5.74, 6) is -0.511. The van der Waals surface area contributed by atoms with Gasteiger partial charge in [0, 0.05) is 12.8 Å². The Labute approximate surface area is 520 Å². The van der Waals surface area contributed by atoms with Crippen LogP contribution in [-0.2, 0) is 27.9 Å². The van der Waals surface area contributed by atoms with Gasteiger partial charge in [0.05, 0.1) is 33.8 Å². The van der Waals surface area contributed by atoms with Gasteiger partial charge in [-0.2, -0.15) is 0 Å². The third kappa shape index (κ3) is 63.7. The van der Waals surface area contributed by atoms with E-state index >= 15 is 0 Å². The summed E-state index contributed by atoms with van der Waals surface area (Å²) in [6.07, 6.45) is 84.5. The van der Waals surface area contributed by atoms with Crippen molar-refractivity contribution in [3.05, 3.63) is 85.1 Å². The number of carbonyl (C=O) groups is 2. The first kappa shape index (κ1) is 81.2. The standard InChI is InChI=1S/C74H135N2O7P/c1-7-10-13-16-19-22-25-28-30-32-34-36-38-40-42-44-46-48-51-54-57-60-63-66-73(77)75-71(70-82-84(79,80)81-69-68-76(4,5)6)72(65-62-59-56-53-50-27-24-21-18-15-12-9-3)83-74(78)67-64-61-58-55-52-49-47-45-43-41-39-37-35-33-31-29-26-23-20-17-14-11-8-2/h11,14,20,23,28-31,35,37,41,43,62,65,71-72H,7-10,12-13,15-19,21-22,24-27,32-34,36,38-40,42,44-61,63-64,66-70H2,1-6H3,(H-,75,77,79,80)/p+1/b14-11-,23-20-,30-28+,31-29-,37-35-,43-41-,65-62+. The fraction of sp³-hybridized carbons (Fsp3) is 0.784. The van der Waals surface area contributed by atoms with Gasteiger partial charge >= 0.3 is 13.8 Å². The van der Waals surface area contributed by atoms with Gasteiger partial charge < -0.3 is 19.4 Å². The molecule has 3 atom stereocenters. The Morgan fingerprint density at radius 1 is 0.429 bits per heavy atom. The van der Waals surface area contributed by atoms with Gasteiger partial charge in [-0.3, -0.25) is 18.6 Å². The lowest BCUT2D eigenvalue weighted by molar-refractivity contribution is -0.870. The van der Waals surface area contributed by atoms with Crippen LogP contribution < -0.4 is 5.32 Å². The van der Waals surface area contributed by atoms with E-state index in [-0.39, 0.29) is 31.5 Å². The fourth-order valence-corrected chi connectivity index (χ4v) is 10.9. The third-order valence-electron chi connectivity index (χ3n) is 15.6. The number of carbonyl (C=O) groups excluding carboxylic acids is 2. The first-order valence-electron chi connectivity index (χ1n) is 35.4. The van der Waals surface area contributed by atoms with Gasteiger partial charge in [-0.15, -0.1) is 0 Å². The normalized spacial score (nSPS) is 14.0. The van der Waals surface area contributed by atoms with Crippen molar-refractivity contribution < 1.29 is 37.3 Å². The molecule has 0 rings (SSSR count). The Bertz CT molecular complexity index is 1710. The number of allylic oxidation sites excluding steroid dienone is 13. The molecule has 0 fully saturated rings. The smallest absolute Gasteiger partial charge is 0.456 e. The van der Waals surface area contributed by atoms with Crippen LogP contribution in [0, 0.1) is 0 Å². The van der Waals surface area contributed by atoms with E-state index in [9.17, 15) is 19.0 Å². The van der Waals surface area contributed by atoms with Crippen LogP contribution in [0.5, 0.6) is 0 Å². The second kappa shape index (κ2) is 63.2. The summed E-state index contributed by atoms with van der Waals surface area (Å²) < 4.78 is 30.8. The SMILES string of the molecule is CC/C=C\C/C=C\C/C=C\C/C=C\C/C=C\CCCCCCCCCC(=O)OC(/C=C/CCCCCCCCCCCC)C(COP(=O)(O)OCC[N+](C)(C)C)NC(=O)CCCCCCCCCCCCCCC/C=C/CCCCCCCC. The zero-order valence-corrected chi connectivity index (χ0v) is 56.8. The minimum atomic E-state index is -4.46. The highest BCUT2D eigenvalue weighted by Gasteiger charge is 2.30. The van der Waals surface area contributed by atoms with Gasteiger partial charge in [-0.05, 0) is 102 Å². The maximum atomic E-state index is 13.6. The number of hydrogen-bond acceptors (Lipinski definition) is 6. The Morgan fingerprint density at radius 3 is 1.15 bits per heavy atom. The van der Waals surface area contributed by atoms with Crippen LogP contribution in [0.25, 0.3) is 0 Å². The van der Waals surface area contributed by atoms with Crippen LogP contribution >= 0.6 is 7.82 Å². The molecule has 0 spiro atoms. The van der Waals surface area contributed by atoms with Gasteiger partial charge in [0.2, 0.25) is 5.91 Å². The summed E-state index contributed by atoms with van der Waals surface area (Å²) in [6, 6.07) is -0.857. The molecule has 0 aromatic heterocycles. The summed E-state index contributed by atoms with van der Waals surface area (Å²) in [7, 11) is 1.49. The monoisotopic (exact) mass is 1200 g/mol. The summed E-state index contributed by atoms with van der Waals surface area (Å²) in [5, 5.41) is 3.07. The van der Waals surface area contributed by atoms with Gasteiger partial charge in [0.1, 0.15) is 19.3 Å². The van der Waals surface area contributed by atoms with Gasteiger partial charge in [-0.25, -0.2) is 4.57 Å². The molecule has 0 aliphatic carbocycles. The number of hydrogen-bond donors (Lipinski definition) is 2. The summed E-state index contributed by atoms with van der Waals surface area (Å²) in [5.41, 5.74) is 0. The molecule has 3 unspecified atom stereocenters. The van der Waals surface area contributed by atoms with Crippen molar-refractivity contribution in [2.24, 2.45) is 0 Å². The maximum absolute atomic E-state index is 13.6. The molecule has 10 heteroatoms. The molecule has 0 radical (unpaired) electrons. The summed E-state index contributed by atoms with van der Waals surface area (Å²) in [4.78, 5) is 37.9. The lowest BCUT2D eigenvalue weighted by Gasteiger charge is -2.27. The number of amides is 1. The topological polar surface area (TPSA) is 111 Å². The molecular weight excluding hydrogens is 1060 g/mol. The number of ether oxygens (including phenoxy) is 1. The number of unbranched alkanes of at least 4 members (excludes halogenated alkanes) is 36. The molecular formula is C74H136N2O7P+. The minimum absolute atomic E-state index is 0.0361. The number of esters is 1. The van der Waals surface area contributed by atoms with E-state index in [2.05, 4.69) is 99.0 Å². The number of nitrogens with one attached hydrogen (secondary N) is 1. The van der Waals surface area contributed by atoms with Crippen LogP contribution in [-0.4, -0.2) is 74.3 Å². The van der Waals surface area contributed by atoms with Crippen molar-refractivity contribution in [1.29, 1.82) is 0 Å². The highest BCUT2D eigenvalue weighted by molar-refractivity contribution is 7.47. The lowest BCUT2D eigenvalue weighted by atomic mass is 10.0. The first-order chi connectivity index (χ1) is 40.9.